The van der Waals surface area contributed by atoms with Gasteiger partial charge in [0.25, 0.3) is 5.91 Å². The molecule has 2 aromatic heterocycles. The van der Waals surface area contributed by atoms with Gasteiger partial charge in [-0.1, -0.05) is 25.1 Å². The second-order valence-corrected chi connectivity index (χ2v) is 8.92. The second-order valence-electron chi connectivity index (χ2n) is 7.76. The van der Waals surface area contributed by atoms with Crippen molar-refractivity contribution in [1.29, 1.82) is 0 Å². The fourth-order valence-corrected chi connectivity index (χ4v) is 4.69. The van der Waals surface area contributed by atoms with Gasteiger partial charge in [-0.15, -0.1) is 0 Å². The number of carbonyl (C=O) groups excluding carboxylic acids is 1. The molecule has 30 heavy (non-hydrogen) atoms. The van der Waals surface area contributed by atoms with Gasteiger partial charge in [0.15, 0.2) is 11.9 Å². The molecule has 9 heteroatoms. The van der Waals surface area contributed by atoms with Gasteiger partial charge >= 0.3 is 0 Å². The highest BCUT2D eigenvalue weighted by atomic mass is 127. The van der Waals surface area contributed by atoms with Crippen molar-refractivity contribution in [3.63, 3.8) is 0 Å². The van der Waals surface area contributed by atoms with Crippen molar-refractivity contribution in [2.24, 2.45) is 5.92 Å². The number of carbonyl (C=O) groups is 1. The highest BCUT2D eigenvalue weighted by Gasteiger charge is 2.54. The number of fused-ring (bicyclic) bond motifs is 1. The number of nitrogens with one attached hydrogen (secondary N) is 1. The first-order valence-electron chi connectivity index (χ1n) is 9.61. The number of nitrogens with zero attached hydrogens (tertiary/aromatic N) is 3. The van der Waals surface area contributed by atoms with Crippen LogP contribution in [-0.4, -0.2) is 43.4 Å². The van der Waals surface area contributed by atoms with Gasteiger partial charge in [-0.25, -0.2) is 14.4 Å². The summed E-state index contributed by atoms with van der Waals surface area (Å²) in [5, 5.41) is 13.4. The molecule has 1 fully saturated rings. The highest BCUT2D eigenvalue weighted by Crippen LogP contribution is 2.47. The van der Waals surface area contributed by atoms with Crippen LogP contribution in [0.1, 0.15) is 37.4 Å². The van der Waals surface area contributed by atoms with Gasteiger partial charge in [0.1, 0.15) is 17.8 Å². The largest absolute Gasteiger partial charge is 0.391 e. The van der Waals surface area contributed by atoms with Crippen molar-refractivity contribution >= 4 is 45.3 Å². The van der Waals surface area contributed by atoms with Crippen molar-refractivity contribution in [3.05, 3.63) is 52.0 Å². The Kier molecular flexibility index (Phi) is 5.54. The standard InChI is InChI=1S/C21H22FIN4O3/c1-11-16(12(2)28)30-20(21(11,3)22)27-9-14(23)15-17(24-10-25-18(15)27)26-19(29)13-7-5-4-6-8-13/h4-12,16,20,28H,1-3H3,(H,24,25,26,29)/t11-,12?,16+,20-,21-/m1/s1. The normalized spacial score (nSPS) is 27.3. The smallest absolute Gasteiger partial charge is 0.256 e. The molecule has 1 amide bonds. The molecule has 2 N–H and O–H groups in total. The Morgan fingerprint density at radius 3 is 2.70 bits per heavy atom. The van der Waals surface area contributed by atoms with E-state index in [0.717, 1.165) is 3.57 Å². The summed E-state index contributed by atoms with van der Waals surface area (Å²) in [5.41, 5.74) is -0.775. The number of hydrogen-bond donors (Lipinski definition) is 2. The van der Waals surface area contributed by atoms with Crippen LogP contribution < -0.4 is 5.32 Å². The molecule has 3 heterocycles. The van der Waals surface area contributed by atoms with Crippen LogP contribution in [0.5, 0.6) is 0 Å². The van der Waals surface area contributed by atoms with E-state index in [0.29, 0.717) is 22.4 Å². The minimum absolute atomic E-state index is 0.297. The zero-order valence-electron chi connectivity index (χ0n) is 16.7. The maximum absolute atomic E-state index is 15.7. The average molecular weight is 524 g/mol. The van der Waals surface area contributed by atoms with E-state index in [4.69, 9.17) is 4.74 Å². The highest BCUT2D eigenvalue weighted by molar-refractivity contribution is 14.1. The van der Waals surface area contributed by atoms with Gasteiger partial charge in [-0.05, 0) is 48.6 Å². The summed E-state index contributed by atoms with van der Waals surface area (Å²) in [4.78, 5) is 21.2. The minimum atomic E-state index is -1.73. The van der Waals surface area contributed by atoms with Crippen molar-refractivity contribution in [2.75, 3.05) is 5.32 Å². The molecule has 7 nitrogen and oxygen atoms in total. The first kappa shape index (κ1) is 21.1. The lowest BCUT2D eigenvalue weighted by Gasteiger charge is -2.26. The molecular weight excluding hydrogens is 502 g/mol. The number of rotatable bonds is 4. The summed E-state index contributed by atoms with van der Waals surface area (Å²) < 4.78 is 24.0. The Balaban J connectivity index is 1.74. The lowest BCUT2D eigenvalue weighted by Crippen LogP contribution is -2.35. The van der Waals surface area contributed by atoms with Crippen LogP contribution in [0.25, 0.3) is 11.0 Å². The van der Waals surface area contributed by atoms with Crippen LogP contribution in [0.3, 0.4) is 0 Å². The number of anilines is 1. The van der Waals surface area contributed by atoms with Crippen LogP contribution in [0.2, 0.25) is 0 Å². The van der Waals surface area contributed by atoms with Crippen molar-refractivity contribution in [1.82, 2.24) is 14.5 Å². The molecule has 3 aromatic rings. The molecule has 0 aliphatic carbocycles. The fraction of sp³-hybridized carbons (Fsp3) is 0.381. The predicted octanol–water partition coefficient (Wildman–Crippen LogP) is 3.93. The van der Waals surface area contributed by atoms with E-state index in [2.05, 4.69) is 37.9 Å². The third kappa shape index (κ3) is 3.48. The fourth-order valence-electron chi connectivity index (χ4n) is 3.90. The number of halogens is 2. The first-order valence-corrected chi connectivity index (χ1v) is 10.7. The zero-order chi connectivity index (χ0) is 21.6. The average Bonchev–Trinajstić information content (AvgIpc) is 3.17. The molecule has 0 spiro atoms. The van der Waals surface area contributed by atoms with Crippen LogP contribution >= 0.6 is 22.6 Å². The topological polar surface area (TPSA) is 89.3 Å². The molecule has 5 atom stereocenters. The van der Waals surface area contributed by atoms with E-state index >= 15 is 4.39 Å². The summed E-state index contributed by atoms with van der Waals surface area (Å²) in [6.45, 7) is 4.80. The van der Waals surface area contributed by atoms with Gasteiger partial charge in [-0.2, -0.15) is 0 Å². The number of hydrogen-bond acceptors (Lipinski definition) is 5. The third-order valence-corrected chi connectivity index (χ3v) is 6.53. The van der Waals surface area contributed by atoms with Crippen molar-refractivity contribution < 1.29 is 19.0 Å². The van der Waals surface area contributed by atoms with Gasteiger partial charge in [-0.3, -0.25) is 4.79 Å². The first-order chi connectivity index (χ1) is 14.2. The van der Waals surface area contributed by atoms with Crippen molar-refractivity contribution in [3.8, 4) is 0 Å². The lowest BCUT2D eigenvalue weighted by molar-refractivity contribution is -0.0760. The zero-order valence-corrected chi connectivity index (χ0v) is 18.9. The van der Waals surface area contributed by atoms with Crippen LogP contribution in [0.4, 0.5) is 10.2 Å². The molecule has 0 bridgehead atoms. The number of alkyl halides is 1. The Labute approximate surface area is 186 Å². The molecule has 1 aliphatic heterocycles. The Hall–Kier alpha value is -2.11. The Morgan fingerprint density at radius 1 is 1.37 bits per heavy atom. The molecule has 1 unspecified atom stereocenters. The van der Waals surface area contributed by atoms with E-state index in [9.17, 15) is 9.90 Å². The number of aromatic nitrogens is 3. The second kappa shape index (κ2) is 7.86. The Morgan fingerprint density at radius 2 is 2.07 bits per heavy atom. The number of aliphatic hydroxyl groups excluding tert-OH is 1. The molecule has 1 saturated heterocycles. The van der Waals surface area contributed by atoms with Crippen LogP contribution in [0.15, 0.2) is 42.9 Å². The number of amides is 1. The monoisotopic (exact) mass is 524 g/mol. The van der Waals surface area contributed by atoms with Gasteiger partial charge in [0.05, 0.1) is 17.6 Å². The minimum Gasteiger partial charge on any atom is -0.391 e. The van der Waals surface area contributed by atoms with Gasteiger partial charge < -0.3 is 19.7 Å². The third-order valence-electron chi connectivity index (χ3n) is 5.71. The molecule has 1 aliphatic rings. The van der Waals surface area contributed by atoms with E-state index < -0.39 is 30.0 Å². The number of ether oxygens (including phenoxy) is 1. The molecule has 0 radical (unpaired) electrons. The SMILES string of the molecule is CC(O)[C@H]1O[C@@H](n2cc(I)c3c(NC(=O)c4ccccc4)ncnc32)[C@](C)(F)[C@@H]1C. The molecule has 0 saturated carbocycles. The summed E-state index contributed by atoms with van der Waals surface area (Å²) in [7, 11) is 0. The number of aliphatic hydroxyl groups is 1. The number of benzene rings is 1. The summed E-state index contributed by atoms with van der Waals surface area (Å²) in [6.07, 6.45) is 0.647. The van der Waals surface area contributed by atoms with Crippen LogP contribution in [-0.2, 0) is 4.74 Å². The lowest BCUT2D eigenvalue weighted by atomic mass is 9.88. The van der Waals surface area contributed by atoms with Crippen molar-refractivity contribution in [2.45, 2.75) is 44.9 Å². The van der Waals surface area contributed by atoms with Crippen LogP contribution in [0, 0.1) is 9.49 Å². The molecule has 4 rings (SSSR count). The molecule has 1 aromatic carbocycles. The quantitative estimate of drug-likeness (QED) is 0.505. The summed E-state index contributed by atoms with van der Waals surface area (Å²) in [5.74, 6) is -0.471. The predicted molar refractivity (Wildman–Crippen MR) is 119 cm³/mol. The van der Waals surface area contributed by atoms with Gasteiger partial charge in [0.2, 0.25) is 0 Å². The summed E-state index contributed by atoms with van der Waals surface area (Å²) >= 11 is 2.11. The summed E-state index contributed by atoms with van der Waals surface area (Å²) in [6, 6.07) is 8.82. The van der Waals surface area contributed by atoms with E-state index in [1.165, 1.54) is 13.3 Å². The van der Waals surface area contributed by atoms with E-state index in [1.807, 2.05) is 6.07 Å². The Bertz CT molecular complexity index is 1090. The van der Waals surface area contributed by atoms with Gasteiger partial charge in [0, 0.05) is 21.2 Å². The maximum Gasteiger partial charge on any atom is 0.256 e. The van der Waals surface area contributed by atoms with E-state index in [1.54, 1.807) is 48.9 Å². The maximum atomic E-state index is 15.7. The molecule has 158 valence electrons. The van der Waals surface area contributed by atoms with E-state index in [-0.39, 0.29) is 5.91 Å². The molecular formula is C21H22FIN4O3.